The van der Waals surface area contributed by atoms with Gasteiger partial charge in [-0.15, -0.1) is 0 Å². The molecule has 0 unspecified atom stereocenters. The van der Waals surface area contributed by atoms with Crippen molar-refractivity contribution >= 4 is 5.97 Å². The Morgan fingerprint density at radius 1 is 1.10 bits per heavy atom. The van der Waals surface area contributed by atoms with Crippen LogP contribution in [0.4, 0.5) is 0 Å². The molecule has 0 saturated heterocycles. The lowest BCUT2D eigenvalue weighted by Gasteiger charge is -2.52. The number of benzene rings is 1. The highest BCUT2D eigenvalue weighted by atomic mass is 16.4. The molecule has 0 amide bonds. The lowest BCUT2D eigenvalue weighted by atomic mass is 9.53. The number of hydrogen-bond acceptors (Lipinski definition) is 1. The Kier molecular flexibility index (Phi) is 2.97. The molecule has 2 aliphatic rings. The highest BCUT2D eigenvalue weighted by Gasteiger charge is 2.63. The molecule has 0 radical (unpaired) electrons. The van der Waals surface area contributed by atoms with Gasteiger partial charge in [0.2, 0.25) is 0 Å². The molecule has 2 nitrogen and oxygen atoms in total. The van der Waals surface area contributed by atoms with Gasteiger partial charge in [-0.05, 0) is 53.9 Å². The van der Waals surface area contributed by atoms with Gasteiger partial charge in [-0.25, -0.2) is 0 Å². The average molecular weight is 272 g/mol. The molecule has 2 fully saturated rings. The standard InChI is InChI=1S/C18H24O2/c1-16-8-9-17(16,2)13-18(12-16,11-15(19)20)10-14-6-4-3-5-7-14/h3-7H,8-13H2,1-2H3,(H,19,20)/t16-,17+,18+. The van der Waals surface area contributed by atoms with E-state index < -0.39 is 5.97 Å². The predicted octanol–water partition coefficient (Wildman–Crippen LogP) is 4.29. The molecule has 0 bridgehead atoms. The zero-order valence-electron chi connectivity index (χ0n) is 12.5. The first kappa shape index (κ1) is 13.7. The van der Waals surface area contributed by atoms with E-state index in [0.717, 1.165) is 19.3 Å². The molecule has 1 aromatic rings. The normalized spacial score (nSPS) is 39.1. The van der Waals surface area contributed by atoms with Crippen molar-refractivity contribution in [2.24, 2.45) is 16.2 Å². The summed E-state index contributed by atoms with van der Waals surface area (Å²) in [7, 11) is 0. The summed E-state index contributed by atoms with van der Waals surface area (Å²) in [5.74, 6) is -0.644. The quantitative estimate of drug-likeness (QED) is 0.887. The first-order chi connectivity index (χ1) is 9.37. The Hall–Kier alpha value is -1.31. The van der Waals surface area contributed by atoms with Crippen LogP contribution in [0.5, 0.6) is 0 Å². The van der Waals surface area contributed by atoms with Crippen LogP contribution in [0.1, 0.15) is 51.5 Å². The van der Waals surface area contributed by atoms with Crippen LogP contribution in [0.3, 0.4) is 0 Å². The summed E-state index contributed by atoms with van der Waals surface area (Å²) in [4.78, 5) is 11.4. The second-order valence-corrected chi connectivity index (χ2v) is 7.71. The van der Waals surface area contributed by atoms with Gasteiger partial charge in [0.25, 0.3) is 0 Å². The zero-order valence-corrected chi connectivity index (χ0v) is 12.5. The fourth-order valence-electron chi connectivity index (χ4n) is 4.96. The summed E-state index contributed by atoms with van der Waals surface area (Å²) in [5, 5.41) is 9.38. The molecule has 1 N–H and O–H groups in total. The summed E-state index contributed by atoms with van der Waals surface area (Å²) in [5.41, 5.74) is 1.95. The van der Waals surface area contributed by atoms with E-state index >= 15 is 0 Å². The largest absolute Gasteiger partial charge is 0.481 e. The Bertz CT molecular complexity index is 503. The summed E-state index contributed by atoms with van der Waals surface area (Å²) in [6.45, 7) is 4.73. The van der Waals surface area contributed by atoms with Crippen molar-refractivity contribution in [1.82, 2.24) is 0 Å². The minimum absolute atomic E-state index is 0.0484. The lowest BCUT2D eigenvalue weighted by molar-refractivity contribution is -0.139. The molecule has 20 heavy (non-hydrogen) atoms. The molecular formula is C18H24O2. The Labute approximate surface area is 121 Å². The van der Waals surface area contributed by atoms with Gasteiger partial charge in [0.15, 0.2) is 0 Å². The van der Waals surface area contributed by atoms with Gasteiger partial charge in [0, 0.05) is 0 Å². The van der Waals surface area contributed by atoms with Gasteiger partial charge in [-0.1, -0.05) is 44.2 Å². The lowest BCUT2D eigenvalue weighted by Crippen LogP contribution is -2.42. The van der Waals surface area contributed by atoms with E-state index in [1.54, 1.807) is 0 Å². The third kappa shape index (κ3) is 2.06. The van der Waals surface area contributed by atoms with Crippen LogP contribution in [0.2, 0.25) is 0 Å². The van der Waals surface area contributed by atoms with E-state index in [0.29, 0.717) is 17.3 Å². The summed E-state index contributed by atoms with van der Waals surface area (Å²) < 4.78 is 0. The highest BCUT2D eigenvalue weighted by Crippen LogP contribution is 2.72. The third-order valence-corrected chi connectivity index (χ3v) is 6.16. The number of fused-ring (bicyclic) bond motifs is 1. The van der Waals surface area contributed by atoms with Gasteiger partial charge in [0.1, 0.15) is 0 Å². The molecule has 0 aromatic heterocycles. The van der Waals surface area contributed by atoms with Crippen molar-refractivity contribution in [3.05, 3.63) is 35.9 Å². The van der Waals surface area contributed by atoms with Gasteiger partial charge < -0.3 is 5.11 Å². The van der Waals surface area contributed by atoms with Crippen LogP contribution in [-0.4, -0.2) is 11.1 Å². The number of carboxylic acids is 1. The first-order valence-corrected chi connectivity index (χ1v) is 7.62. The molecule has 3 atom stereocenters. The van der Waals surface area contributed by atoms with E-state index in [1.807, 2.05) is 6.07 Å². The maximum Gasteiger partial charge on any atom is 0.303 e. The molecule has 108 valence electrons. The third-order valence-electron chi connectivity index (χ3n) is 6.16. The second-order valence-electron chi connectivity index (χ2n) is 7.71. The fourth-order valence-corrected chi connectivity index (χ4v) is 4.96. The minimum atomic E-state index is -0.644. The van der Waals surface area contributed by atoms with Gasteiger partial charge in [-0.2, -0.15) is 0 Å². The van der Waals surface area contributed by atoms with E-state index in [4.69, 9.17) is 0 Å². The number of aliphatic carboxylic acids is 1. The molecule has 1 aromatic carbocycles. The van der Waals surface area contributed by atoms with Gasteiger partial charge in [-0.3, -0.25) is 4.79 Å². The van der Waals surface area contributed by atoms with E-state index in [2.05, 4.69) is 38.1 Å². The van der Waals surface area contributed by atoms with Crippen molar-refractivity contribution in [2.45, 2.75) is 52.4 Å². The average Bonchev–Trinajstić information content (AvgIpc) is 2.49. The van der Waals surface area contributed by atoms with Crippen molar-refractivity contribution in [3.63, 3.8) is 0 Å². The smallest absolute Gasteiger partial charge is 0.303 e. The summed E-state index contributed by atoms with van der Waals surface area (Å²) in [6.07, 6.45) is 5.88. The Balaban J connectivity index is 1.89. The van der Waals surface area contributed by atoms with Crippen LogP contribution in [-0.2, 0) is 11.2 Å². The molecule has 0 aliphatic heterocycles. The summed E-state index contributed by atoms with van der Waals surface area (Å²) >= 11 is 0. The molecule has 3 rings (SSSR count). The maximum atomic E-state index is 11.4. The Morgan fingerprint density at radius 3 is 2.10 bits per heavy atom. The van der Waals surface area contributed by atoms with Gasteiger partial charge in [0.05, 0.1) is 6.42 Å². The number of hydrogen-bond donors (Lipinski definition) is 1. The molecule has 2 aliphatic carbocycles. The van der Waals surface area contributed by atoms with Crippen LogP contribution in [0.15, 0.2) is 30.3 Å². The van der Waals surface area contributed by atoms with E-state index in [9.17, 15) is 9.90 Å². The fraction of sp³-hybridized carbons (Fsp3) is 0.611. The first-order valence-electron chi connectivity index (χ1n) is 7.62. The van der Waals surface area contributed by atoms with Crippen molar-refractivity contribution in [1.29, 1.82) is 0 Å². The van der Waals surface area contributed by atoms with Crippen LogP contribution in [0, 0.1) is 16.2 Å². The number of carboxylic acid groups (broad SMARTS) is 1. The van der Waals surface area contributed by atoms with Crippen LogP contribution in [0.25, 0.3) is 0 Å². The molecule has 0 heterocycles. The number of rotatable bonds is 4. The van der Waals surface area contributed by atoms with Crippen molar-refractivity contribution in [3.8, 4) is 0 Å². The predicted molar refractivity (Wildman–Crippen MR) is 79.5 cm³/mol. The molecule has 2 heteroatoms. The highest BCUT2D eigenvalue weighted by molar-refractivity contribution is 5.68. The Morgan fingerprint density at radius 2 is 1.65 bits per heavy atom. The monoisotopic (exact) mass is 272 g/mol. The maximum absolute atomic E-state index is 11.4. The number of carbonyl (C=O) groups is 1. The second kappa shape index (κ2) is 4.34. The molecular weight excluding hydrogens is 248 g/mol. The zero-order chi connectivity index (χ0) is 14.4. The van der Waals surface area contributed by atoms with Crippen LogP contribution < -0.4 is 0 Å². The van der Waals surface area contributed by atoms with Crippen LogP contribution >= 0.6 is 0 Å². The molecule has 0 spiro atoms. The topological polar surface area (TPSA) is 37.3 Å². The van der Waals surface area contributed by atoms with E-state index in [1.165, 1.54) is 18.4 Å². The van der Waals surface area contributed by atoms with Crippen molar-refractivity contribution in [2.75, 3.05) is 0 Å². The van der Waals surface area contributed by atoms with Gasteiger partial charge >= 0.3 is 5.97 Å². The summed E-state index contributed by atoms with van der Waals surface area (Å²) in [6, 6.07) is 10.4. The minimum Gasteiger partial charge on any atom is -0.481 e. The SMILES string of the molecule is C[C@@]12CC[C@]1(C)C[C@@](CC(=O)O)(Cc1ccccc1)C2. The van der Waals surface area contributed by atoms with E-state index in [-0.39, 0.29) is 5.41 Å². The molecule has 2 saturated carbocycles. The van der Waals surface area contributed by atoms with Crippen molar-refractivity contribution < 1.29 is 9.90 Å².